The van der Waals surface area contributed by atoms with Crippen LogP contribution in [0.15, 0.2) is 30.3 Å². The molecule has 24 heavy (non-hydrogen) atoms. The monoisotopic (exact) mass is 334 g/mol. The van der Waals surface area contributed by atoms with E-state index in [1.54, 1.807) is 6.92 Å². The van der Waals surface area contributed by atoms with Crippen molar-refractivity contribution < 1.29 is 19.1 Å². The van der Waals surface area contributed by atoms with E-state index in [9.17, 15) is 14.4 Å². The average molecular weight is 334 g/mol. The number of hydrogen-bond donors (Lipinski definition) is 2. The highest BCUT2D eigenvalue weighted by atomic mass is 16.5. The van der Waals surface area contributed by atoms with Crippen LogP contribution in [0.1, 0.15) is 33.3 Å². The van der Waals surface area contributed by atoms with Gasteiger partial charge in [-0.05, 0) is 25.3 Å². The second-order valence-corrected chi connectivity index (χ2v) is 5.93. The van der Waals surface area contributed by atoms with E-state index < -0.39 is 18.1 Å². The molecular formula is C18H26N2O4. The molecule has 2 atom stereocenters. The molecule has 132 valence electrons. The number of ether oxygens (including phenoxy) is 1. The van der Waals surface area contributed by atoms with Crippen LogP contribution in [0.2, 0.25) is 0 Å². The third-order valence-corrected chi connectivity index (χ3v) is 3.46. The van der Waals surface area contributed by atoms with Crippen molar-refractivity contribution in [3.05, 3.63) is 35.9 Å². The molecule has 0 saturated carbocycles. The van der Waals surface area contributed by atoms with Crippen molar-refractivity contribution in [1.82, 2.24) is 10.6 Å². The fraction of sp³-hybridized carbons (Fsp3) is 0.500. The number of nitrogens with one attached hydrogen (secondary N) is 2. The van der Waals surface area contributed by atoms with Crippen molar-refractivity contribution >= 4 is 17.8 Å². The van der Waals surface area contributed by atoms with Crippen molar-refractivity contribution in [3.63, 3.8) is 0 Å². The summed E-state index contributed by atoms with van der Waals surface area (Å²) in [5, 5.41) is 5.28. The van der Waals surface area contributed by atoms with E-state index in [0.717, 1.165) is 5.56 Å². The molecule has 0 saturated heterocycles. The summed E-state index contributed by atoms with van der Waals surface area (Å²) < 4.78 is 5.17. The molecule has 0 bridgehead atoms. The van der Waals surface area contributed by atoms with E-state index >= 15 is 0 Å². The van der Waals surface area contributed by atoms with Crippen LogP contribution < -0.4 is 10.6 Å². The smallest absolute Gasteiger partial charge is 0.329 e. The average Bonchev–Trinajstić information content (AvgIpc) is 2.53. The van der Waals surface area contributed by atoms with Gasteiger partial charge in [0.1, 0.15) is 6.04 Å². The highest BCUT2D eigenvalue weighted by Crippen LogP contribution is 2.07. The molecule has 2 amide bonds. The Labute approximate surface area is 143 Å². The van der Waals surface area contributed by atoms with Crippen molar-refractivity contribution in [2.75, 3.05) is 6.54 Å². The summed E-state index contributed by atoms with van der Waals surface area (Å²) >= 11 is 0. The molecule has 0 radical (unpaired) electrons. The SMILES string of the molecule is CCNC(=O)[C@H](C)OC(=O)[C@@H](NC(=O)Cc1ccccc1)C(C)C. The van der Waals surface area contributed by atoms with Crippen molar-refractivity contribution in [2.24, 2.45) is 5.92 Å². The Balaban J connectivity index is 2.64. The van der Waals surface area contributed by atoms with Gasteiger partial charge in [-0.1, -0.05) is 44.2 Å². The Bertz CT molecular complexity index is 557. The Morgan fingerprint density at radius 1 is 1.08 bits per heavy atom. The molecule has 6 nitrogen and oxygen atoms in total. The third-order valence-electron chi connectivity index (χ3n) is 3.46. The molecule has 1 aromatic carbocycles. The van der Waals surface area contributed by atoms with E-state index in [1.807, 2.05) is 44.2 Å². The molecule has 0 aliphatic rings. The third kappa shape index (κ3) is 6.40. The summed E-state index contributed by atoms with van der Waals surface area (Å²) in [5.41, 5.74) is 0.863. The molecule has 0 unspecified atom stereocenters. The molecule has 0 heterocycles. The molecule has 0 spiro atoms. The summed E-state index contributed by atoms with van der Waals surface area (Å²) in [6, 6.07) is 8.48. The summed E-state index contributed by atoms with van der Waals surface area (Å²) in [4.78, 5) is 36.1. The zero-order valence-corrected chi connectivity index (χ0v) is 14.7. The van der Waals surface area contributed by atoms with E-state index in [4.69, 9.17) is 4.74 Å². The van der Waals surface area contributed by atoms with Gasteiger partial charge in [-0.25, -0.2) is 4.79 Å². The Morgan fingerprint density at radius 2 is 1.71 bits per heavy atom. The van der Waals surface area contributed by atoms with Crippen LogP contribution in [0.25, 0.3) is 0 Å². The Morgan fingerprint density at radius 3 is 2.25 bits per heavy atom. The second-order valence-electron chi connectivity index (χ2n) is 5.93. The standard InChI is InChI=1S/C18H26N2O4/c1-5-19-17(22)13(4)24-18(23)16(12(2)3)20-15(21)11-14-9-7-6-8-10-14/h6-10,12-13,16H,5,11H2,1-4H3,(H,19,22)(H,20,21)/t13-,16-/m0/s1. The maximum atomic E-state index is 12.3. The molecule has 6 heteroatoms. The van der Waals surface area contributed by atoms with E-state index in [0.29, 0.717) is 6.54 Å². The minimum absolute atomic E-state index is 0.154. The molecule has 0 aromatic heterocycles. The molecule has 0 aliphatic carbocycles. The molecule has 1 rings (SSSR count). The van der Waals surface area contributed by atoms with Gasteiger partial charge in [0.2, 0.25) is 5.91 Å². The zero-order chi connectivity index (χ0) is 18.1. The van der Waals surface area contributed by atoms with Gasteiger partial charge in [-0.15, -0.1) is 0 Å². The lowest BCUT2D eigenvalue weighted by Gasteiger charge is -2.23. The van der Waals surface area contributed by atoms with Crippen LogP contribution in [-0.4, -0.2) is 36.5 Å². The van der Waals surface area contributed by atoms with Crippen molar-refractivity contribution in [2.45, 2.75) is 46.3 Å². The number of rotatable bonds is 8. The van der Waals surface area contributed by atoms with Gasteiger partial charge in [-0.2, -0.15) is 0 Å². The van der Waals surface area contributed by atoms with Gasteiger partial charge >= 0.3 is 5.97 Å². The lowest BCUT2D eigenvalue weighted by atomic mass is 10.0. The van der Waals surface area contributed by atoms with Crippen molar-refractivity contribution in [1.29, 1.82) is 0 Å². The number of amides is 2. The van der Waals surface area contributed by atoms with Gasteiger partial charge in [0.15, 0.2) is 6.10 Å². The van der Waals surface area contributed by atoms with Crippen LogP contribution >= 0.6 is 0 Å². The maximum Gasteiger partial charge on any atom is 0.329 e. The highest BCUT2D eigenvalue weighted by molar-refractivity contribution is 5.88. The Hall–Kier alpha value is -2.37. The summed E-state index contributed by atoms with van der Waals surface area (Å²) in [5.74, 6) is -1.38. The molecule has 0 aliphatic heterocycles. The first kappa shape index (κ1) is 19.7. The number of hydrogen-bond acceptors (Lipinski definition) is 4. The van der Waals surface area contributed by atoms with Gasteiger partial charge in [0, 0.05) is 6.54 Å². The van der Waals surface area contributed by atoms with Crippen LogP contribution in [0.5, 0.6) is 0 Å². The van der Waals surface area contributed by atoms with Gasteiger partial charge in [0.25, 0.3) is 5.91 Å². The molecule has 0 fully saturated rings. The van der Waals surface area contributed by atoms with E-state index in [1.165, 1.54) is 6.92 Å². The second kappa shape index (κ2) is 9.70. The van der Waals surface area contributed by atoms with Gasteiger partial charge in [0.05, 0.1) is 6.42 Å². The molecule has 2 N–H and O–H groups in total. The predicted octanol–water partition coefficient (Wildman–Crippen LogP) is 1.44. The number of esters is 1. The fourth-order valence-electron chi connectivity index (χ4n) is 2.12. The summed E-state index contributed by atoms with van der Waals surface area (Å²) in [6.07, 6.45) is -0.715. The summed E-state index contributed by atoms with van der Waals surface area (Å²) in [7, 11) is 0. The lowest BCUT2D eigenvalue weighted by Crippen LogP contribution is -2.48. The number of carbonyl (C=O) groups is 3. The molecular weight excluding hydrogens is 308 g/mol. The zero-order valence-electron chi connectivity index (χ0n) is 14.7. The first-order valence-electron chi connectivity index (χ1n) is 8.16. The topological polar surface area (TPSA) is 84.5 Å². The van der Waals surface area contributed by atoms with E-state index in [-0.39, 0.29) is 24.2 Å². The number of carbonyl (C=O) groups excluding carboxylic acids is 3. The fourth-order valence-corrected chi connectivity index (χ4v) is 2.12. The minimum Gasteiger partial charge on any atom is -0.451 e. The first-order valence-corrected chi connectivity index (χ1v) is 8.16. The van der Waals surface area contributed by atoms with Crippen LogP contribution in [0, 0.1) is 5.92 Å². The highest BCUT2D eigenvalue weighted by Gasteiger charge is 2.28. The molecule has 1 aromatic rings. The van der Waals surface area contributed by atoms with E-state index in [2.05, 4.69) is 10.6 Å². The van der Waals surface area contributed by atoms with Gasteiger partial charge in [-0.3, -0.25) is 9.59 Å². The largest absolute Gasteiger partial charge is 0.451 e. The van der Waals surface area contributed by atoms with Crippen LogP contribution in [0.4, 0.5) is 0 Å². The number of likely N-dealkylation sites (N-methyl/N-ethyl adjacent to an activating group) is 1. The first-order chi connectivity index (χ1) is 11.3. The number of benzene rings is 1. The Kier molecular flexibility index (Phi) is 7.95. The van der Waals surface area contributed by atoms with Gasteiger partial charge < -0.3 is 15.4 Å². The minimum atomic E-state index is -0.898. The summed E-state index contributed by atoms with van der Waals surface area (Å²) in [6.45, 7) is 7.37. The normalized spacial score (nSPS) is 13.0. The van der Waals surface area contributed by atoms with Crippen molar-refractivity contribution in [3.8, 4) is 0 Å². The lowest BCUT2D eigenvalue weighted by molar-refractivity contribution is -0.158. The predicted molar refractivity (Wildman–Crippen MR) is 91.2 cm³/mol. The maximum absolute atomic E-state index is 12.3. The van der Waals surface area contributed by atoms with Crippen LogP contribution in [0.3, 0.4) is 0 Å². The quantitative estimate of drug-likeness (QED) is 0.705. The van der Waals surface area contributed by atoms with Crippen LogP contribution in [-0.2, 0) is 25.5 Å².